The molecule has 76 heavy (non-hydrogen) atoms. The van der Waals surface area contributed by atoms with Crippen LogP contribution >= 0.6 is 0 Å². The lowest BCUT2D eigenvalue weighted by Gasteiger charge is -2.33. The molecule has 0 amide bonds. The van der Waals surface area contributed by atoms with Gasteiger partial charge in [-0.3, -0.25) is 9.88 Å². The van der Waals surface area contributed by atoms with Gasteiger partial charge in [0.15, 0.2) is 0 Å². The Morgan fingerprint density at radius 3 is 1.63 bits per heavy atom. The molecule has 0 aliphatic heterocycles. The summed E-state index contributed by atoms with van der Waals surface area (Å²) in [6, 6.07) is 72.3. The smallest absolute Gasteiger partial charge is 0.145 e. The third-order valence-corrected chi connectivity index (χ3v) is 16.4. The summed E-state index contributed by atoms with van der Waals surface area (Å²) in [4.78, 5) is 14.8. The standard InChI is InChI=1S/C71H58N4O/c1-43-25-38-63(73-41-43)75(48-34-29-46(30-35-48)70(6,7)8)61-40-60-66(68-64(61)56-21-13-16-24-62(56)76-68)65-54-20-10-9-17-51(54)57-39-49(74(50-31-26-44(2)72-42-50)47-32-27-45(28-33-47)69(3,4)5)36-37-55(57)67(65)71(60)58-22-14-11-18-52(58)53-19-12-15-23-59(53)71/h9-42H,1-8H3. The Bertz CT molecular complexity index is 4260. The van der Waals surface area contributed by atoms with Gasteiger partial charge in [0.05, 0.1) is 28.4 Å². The fraction of sp³-hybridized carbons (Fsp3) is 0.155. The number of fused-ring (bicyclic) bond motifs is 19. The minimum absolute atomic E-state index is 0.0181. The van der Waals surface area contributed by atoms with Crippen molar-refractivity contribution < 1.29 is 4.42 Å². The molecule has 12 aromatic rings. The predicted molar refractivity (Wildman–Crippen MR) is 317 cm³/mol. The van der Waals surface area contributed by atoms with Crippen LogP contribution in [0.3, 0.4) is 0 Å². The fourth-order valence-electron chi connectivity index (χ4n) is 12.7. The summed E-state index contributed by atoms with van der Waals surface area (Å²) in [5.41, 5.74) is 20.6. The van der Waals surface area contributed by atoms with Gasteiger partial charge < -0.3 is 9.32 Å². The van der Waals surface area contributed by atoms with Gasteiger partial charge in [-0.2, -0.15) is 0 Å². The largest absolute Gasteiger partial charge is 0.455 e. The number of hydrogen-bond acceptors (Lipinski definition) is 5. The normalized spacial score (nSPS) is 13.4. The number of aromatic nitrogens is 2. The molecule has 0 atom stereocenters. The Morgan fingerprint density at radius 2 is 1.01 bits per heavy atom. The summed E-state index contributed by atoms with van der Waals surface area (Å²) in [6.07, 6.45) is 3.98. The molecular weight excluding hydrogens is 925 g/mol. The van der Waals surface area contributed by atoms with Gasteiger partial charge in [0, 0.05) is 39.9 Å². The third kappa shape index (κ3) is 6.70. The maximum atomic E-state index is 7.46. The molecule has 5 nitrogen and oxygen atoms in total. The monoisotopic (exact) mass is 982 g/mol. The van der Waals surface area contributed by atoms with Crippen molar-refractivity contribution in [2.75, 3.05) is 9.80 Å². The maximum Gasteiger partial charge on any atom is 0.145 e. The van der Waals surface area contributed by atoms with E-state index in [1.54, 1.807) is 0 Å². The van der Waals surface area contributed by atoms with Crippen molar-refractivity contribution in [2.24, 2.45) is 0 Å². The quantitative estimate of drug-likeness (QED) is 0.155. The predicted octanol–water partition coefficient (Wildman–Crippen LogP) is 19.2. The summed E-state index contributed by atoms with van der Waals surface area (Å²) in [7, 11) is 0. The molecule has 3 aromatic heterocycles. The van der Waals surface area contributed by atoms with E-state index in [-0.39, 0.29) is 10.8 Å². The van der Waals surface area contributed by atoms with Crippen molar-refractivity contribution in [2.45, 2.75) is 71.6 Å². The topological polar surface area (TPSA) is 45.4 Å². The molecular formula is C71H58N4O. The average molecular weight is 983 g/mol. The highest BCUT2D eigenvalue weighted by Crippen LogP contribution is 2.68. The van der Waals surface area contributed by atoms with Crippen molar-refractivity contribution in [1.82, 2.24) is 9.97 Å². The van der Waals surface area contributed by atoms with Crippen LogP contribution in [0.2, 0.25) is 0 Å². The summed E-state index contributed by atoms with van der Waals surface area (Å²) in [5, 5.41) is 6.87. The number of benzene rings is 9. The molecule has 9 aromatic carbocycles. The van der Waals surface area contributed by atoms with Crippen LogP contribution in [-0.4, -0.2) is 9.97 Å². The van der Waals surface area contributed by atoms with E-state index in [0.717, 1.165) is 73.0 Å². The Labute approximate surface area is 444 Å². The lowest BCUT2D eigenvalue weighted by atomic mass is 9.69. The molecule has 0 unspecified atom stereocenters. The molecule has 5 heteroatoms. The van der Waals surface area contributed by atoms with Crippen LogP contribution in [0.5, 0.6) is 0 Å². The number of nitrogens with zero attached hydrogens (tertiary/aromatic N) is 4. The molecule has 368 valence electrons. The number of para-hydroxylation sites is 1. The van der Waals surface area contributed by atoms with E-state index in [9.17, 15) is 0 Å². The second kappa shape index (κ2) is 16.6. The molecule has 0 fully saturated rings. The first-order valence-corrected chi connectivity index (χ1v) is 26.6. The molecule has 2 aliphatic carbocycles. The second-order valence-corrected chi connectivity index (χ2v) is 23.1. The van der Waals surface area contributed by atoms with Crippen LogP contribution in [0.1, 0.15) is 86.2 Å². The van der Waals surface area contributed by atoms with E-state index in [4.69, 9.17) is 14.4 Å². The van der Waals surface area contributed by atoms with Crippen LogP contribution in [0.25, 0.3) is 65.7 Å². The van der Waals surface area contributed by atoms with E-state index in [1.807, 2.05) is 19.3 Å². The Kier molecular flexibility index (Phi) is 10.0. The van der Waals surface area contributed by atoms with Gasteiger partial charge in [0.1, 0.15) is 17.0 Å². The van der Waals surface area contributed by atoms with Crippen molar-refractivity contribution in [1.29, 1.82) is 0 Å². The van der Waals surface area contributed by atoms with Crippen LogP contribution < -0.4 is 9.80 Å². The van der Waals surface area contributed by atoms with Gasteiger partial charge in [-0.15, -0.1) is 0 Å². The van der Waals surface area contributed by atoms with Crippen molar-refractivity contribution in [3.63, 3.8) is 0 Å². The van der Waals surface area contributed by atoms with E-state index in [0.29, 0.717) is 0 Å². The van der Waals surface area contributed by atoms with Crippen LogP contribution in [0.4, 0.5) is 34.3 Å². The fourth-order valence-corrected chi connectivity index (χ4v) is 12.7. The lowest BCUT2D eigenvalue weighted by Crippen LogP contribution is -2.26. The Balaban J connectivity index is 1.13. The number of hydrogen-bond donors (Lipinski definition) is 0. The molecule has 2 aliphatic rings. The highest BCUT2D eigenvalue weighted by Gasteiger charge is 2.54. The second-order valence-electron chi connectivity index (χ2n) is 23.1. The number of furan rings is 1. The maximum absolute atomic E-state index is 7.46. The minimum atomic E-state index is -0.755. The van der Waals surface area contributed by atoms with Crippen molar-refractivity contribution >= 4 is 77.7 Å². The summed E-state index contributed by atoms with van der Waals surface area (Å²) in [6.45, 7) is 17.8. The first-order chi connectivity index (χ1) is 36.8. The summed E-state index contributed by atoms with van der Waals surface area (Å²) >= 11 is 0. The number of pyridine rings is 2. The molecule has 14 rings (SSSR count). The van der Waals surface area contributed by atoms with E-state index in [2.05, 4.69) is 252 Å². The Hall–Kier alpha value is -8.80. The molecule has 0 bridgehead atoms. The zero-order valence-electron chi connectivity index (χ0n) is 44.3. The van der Waals surface area contributed by atoms with Crippen LogP contribution in [0.15, 0.2) is 211 Å². The zero-order valence-corrected chi connectivity index (χ0v) is 44.3. The van der Waals surface area contributed by atoms with Gasteiger partial charge in [0.2, 0.25) is 0 Å². The van der Waals surface area contributed by atoms with Crippen LogP contribution in [-0.2, 0) is 16.2 Å². The zero-order chi connectivity index (χ0) is 51.8. The molecule has 1 spiro atoms. The highest BCUT2D eigenvalue weighted by atomic mass is 16.3. The number of rotatable bonds is 6. The molecule has 3 heterocycles. The summed E-state index contributed by atoms with van der Waals surface area (Å²) in [5.74, 6) is 0.835. The SMILES string of the molecule is Cc1ccc(N(c2ccc(C(C)(C)C)cc2)c2cc3c(c4oc5ccccc5c24)-c2c(c4ccc(N(c5ccc(C(C)(C)C)cc5)c5ccc(C)nc5)cc4c4ccccc24)C32c3ccccc3-c3ccccc32)nc1. The number of anilines is 6. The van der Waals surface area contributed by atoms with Gasteiger partial charge in [-0.05, 0) is 169 Å². The van der Waals surface area contributed by atoms with Gasteiger partial charge in [-0.1, -0.05) is 169 Å². The average Bonchev–Trinajstić information content (AvgIpc) is 4.09. The molecule has 0 radical (unpaired) electrons. The van der Waals surface area contributed by atoms with Gasteiger partial charge in [0.25, 0.3) is 0 Å². The highest BCUT2D eigenvalue weighted by molar-refractivity contribution is 6.26. The summed E-state index contributed by atoms with van der Waals surface area (Å²) < 4.78 is 7.46. The van der Waals surface area contributed by atoms with Gasteiger partial charge in [-0.25, -0.2) is 4.98 Å². The number of aryl methyl sites for hydroxylation is 2. The van der Waals surface area contributed by atoms with Crippen LogP contribution in [0, 0.1) is 13.8 Å². The minimum Gasteiger partial charge on any atom is -0.455 e. The third-order valence-electron chi connectivity index (χ3n) is 16.4. The van der Waals surface area contributed by atoms with E-state index < -0.39 is 5.41 Å². The first kappa shape index (κ1) is 45.8. The molecule has 0 N–H and O–H groups in total. The molecule has 0 saturated heterocycles. The van der Waals surface area contributed by atoms with Gasteiger partial charge >= 0.3 is 0 Å². The first-order valence-electron chi connectivity index (χ1n) is 26.6. The van der Waals surface area contributed by atoms with Crippen molar-refractivity contribution in [3.05, 3.63) is 251 Å². The Morgan fingerprint density at radius 1 is 0.434 bits per heavy atom. The van der Waals surface area contributed by atoms with Crippen molar-refractivity contribution in [3.8, 4) is 22.3 Å². The molecule has 0 saturated carbocycles. The lowest BCUT2D eigenvalue weighted by molar-refractivity contribution is 0.590. The van der Waals surface area contributed by atoms with E-state index >= 15 is 0 Å². The van der Waals surface area contributed by atoms with E-state index in [1.165, 1.54) is 71.6 Å².